The summed E-state index contributed by atoms with van der Waals surface area (Å²) in [5, 5.41) is 2.72. The first-order valence-corrected chi connectivity index (χ1v) is 13.2. The number of nitrogens with zero attached hydrogens (tertiary/aromatic N) is 2. The Hall–Kier alpha value is -3.40. The third-order valence-corrected chi connectivity index (χ3v) is 8.29. The SMILES string of the molecule is COc1ccccc1C[C@@]1(C)NC(=O)N(CC(=O)N(Cc2ccccc2)[C@H]2CCS(=O)(=O)C2)C1=O. The summed E-state index contributed by atoms with van der Waals surface area (Å²) in [6.07, 6.45) is 0.521. The van der Waals surface area contributed by atoms with Crippen molar-refractivity contribution in [1.82, 2.24) is 15.1 Å². The fourth-order valence-electron chi connectivity index (χ4n) is 4.69. The summed E-state index contributed by atoms with van der Waals surface area (Å²) >= 11 is 0. The van der Waals surface area contributed by atoms with Crippen LogP contribution in [0.5, 0.6) is 5.75 Å². The normalized spacial score (nSPS) is 23.3. The zero-order valence-electron chi connectivity index (χ0n) is 19.8. The molecule has 35 heavy (non-hydrogen) atoms. The highest BCUT2D eigenvalue weighted by Crippen LogP contribution is 2.28. The van der Waals surface area contributed by atoms with Gasteiger partial charge in [0, 0.05) is 19.0 Å². The molecular weight excluding hydrogens is 470 g/mol. The first-order chi connectivity index (χ1) is 16.6. The number of hydrogen-bond donors (Lipinski definition) is 1. The van der Waals surface area contributed by atoms with Crippen molar-refractivity contribution in [2.24, 2.45) is 0 Å². The average molecular weight is 500 g/mol. The van der Waals surface area contributed by atoms with Crippen molar-refractivity contribution in [2.75, 3.05) is 25.2 Å². The Morgan fingerprint density at radius 2 is 1.83 bits per heavy atom. The van der Waals surface area contributed by atoms with Crippen LogP contribution < -0.4 is 10.1 Å². The number of ether oxygens (including phenoxy) is 1. The number of amides is 4. The minimum Gasteiger partial charge on any atom is -0.496 e. The van der Waals surface area contributed by atoms with Crippen LogP contribution in [0.25, 0.3) is 0 Å². The zero-order chi connectivity index (χ0) is 25.2. The number of benzene rings is 2. The summed E-state index contributed by atoms with van der Waals surface area (Å²) < 4.78 is 29.6. The molecule has 4 rings (SSSR count). The highest BCUT2D eigenvalue weighted by molar-refractivity contribution is 7.91. The van der Waals surface area contributed by atoms with Crippen molar-refractivity contribution in [3.8, 4) is 5.75 Å². The maximum absolute atomic E-state index is 13.4. The van der Waals surface area contributed by atoms with Gasteiger partial charge in [0.25, 0.3) is 5.91 Å². The molecule has 2 aromatic rings. The van der Waals surface area contributed by atoms with Crippen LogP contribution in [-0.4, -0.2) is 72.8 Å². The van der Waals surface area contributed by atoms with Crippen LogP contribution in [0.15, 0.2) is 54.6 Å². The lowest BCUT2D eigenvalue weighted by atomic mass is 9.92. The quantitative estimate of drug-likeness (QED) is 0.554. The van der Waals surface area contributed by atoms with Gasteiger partial charge in [0.1, 0.15) is 17.8 Å². The molecule has 0 spiro atoms. The first-order valence-electron chi connectivity index (χ1n) is 11.4. The molecule has 1 N–H and O–H groups in total. The van der Waals surface area contributed by atoms with E-state index in [1.54, 1.807) is 13.0 Å². The molecule has 0 aromatic heterocycles. The highest BCUT2D eigenvalue weighted by Gasteiger charge is 2.49. The van der Waals surface area contributed by atoms with Gasteiger partial charge in [-0.3, -0.25) is 14.5 Å². The first kappa shape index (κ1) is 24.7. The molecule has 0 saturated carbocycles. The smallest absolute Gasteiger partial charge is 0.325 e. The molecule has 0 unspecified atom stereocenters. The van der Waals surface area contributed by atoms with Gasteiger partial charge in [0.05, 0.1) is 18.6 Å². The lowest BCUT2D eigenvalue weighted by Crippen LogP contribution is -2.49. The molecule has 186 valence electrons. The van der Waals surface area contributed by atoms with Gasteiger partial charge >= 0.3 is 6.03 Å². The lowest BCUT2D eigenvalue weighted by molar-refractivity contribution is -0.140. The standard InChI is InChI=1S/C25H29N3O6S/c1-25(14-19-10-6-7-11-21(19)34-2)23(30)28(24(31)26-25)16-22(29)27(15-18-8-4-3-5-9-18)20-12-13-35(32,33)17-20/h3-11,20H,12-17H2,1-2H3,(H,26,31)/t20-,25+/m0/s1. The molecule has 0 bridgehead atoms. The molecule has 2 aliphatic heterocycles. The van der Waals surface area contributed by atoms with Crippen molar-refractivity contribution in [1.29, 1.82) is 0 Å². The van der Waals surface area contributed by atoms with E-state index in [2.05, 4.69) is 5.32 Å². The summed E-state index contributed by atoms with van der Waals surface area (Å²) in [5.74, 6) is -0.503. The number of para-hydroxylation sites is 1. The van der Waals surface area contributed by atoms with Gasteiger partial charge in [-0.25, -0.2) is 13.2 Å². The third-order valence-electron chi connectivity index (χ3n) is 6.54. The van der Waals surface area contributed by atoms with Crippen LogP contribution in [0.1, 0.15) is 24.5 Å². The Morgan fingerprint density at radius 1 is 1.14 bits per heavy atom. The number of methoxy groups -OCH3 is 1. The van der Waals surface area contributed by atoms with E-state index in [0.29, 0.717) is 12.2 Å². The molecule has 2 heterocycles. The van der Waals surface area contributed by atoms with Crippen molar-refractivity contribution in [3.63, 3.8) is 0 Å². The van der Waals surface area contributed by atoms with Crippen molar-refractivity contribution in [3.05, 3.63) is 65.7 Å². The Balaban J connectivity index is 1.53. The van der Waals surface area contributed by atoms with Crippen LogP contribution in [0, 0.1) is 0 Å². The molecule has 2 atom stereocenters. The van der Waals surface area contributed by atoms with E-state index in [1.165, 1.54) is 12.0 Å². The third kappa shape index (κ3) is 5.32. The van der Waals surface area contributed by atoms with E-state index < -0.39 is 45.8 Å². The maximum atomic E-state index is 13.4. The van der Waals surface area contributed by atoms with Gasteiger partial charge < -0.3 is 15.0 Å². The molecule has 0 aliphatic carbocycles. The molecule has 10 heteroatoms. The molecule has 2 aliphatic rings. The van der Waals surface area contributed by atoms with E-state index >= 15 is 0 Å². The predicted octanol–water partition coefficient (Wildman–Crippen LogP) is 1.76. The van der Waals surface area contributed by atoms with Gasteiger partial charge in [0.2, 0.25) is 5.91 Å². The number of nitrogens with one attached hydrogen (secondary N) is 1. The zero-order valence-corrected chi connectivity index (χ0v) is 20.6. The number of hydrogen-bond acceptors (Lipinski definition) is 6. The largest absolute Gasteiger partial charge is 0.496 e. The molecule has 2 saturated heterocycles. The minimum atomic E-state index is -3.24. The van der Waals surface area contributed by atoms with Crippen LogP contribution in [0.4, 0.5) is 4.79 Å². The summed E-state index contributed by atoms with van der Waals surface area (Å²) in [6.45, 7) is 1.35. The van der Waals surface area contributed by atoms with Gasteiger partial charge in [-0.05, 0) is 30.5 Å². The van der Waals surface area contributed by atoms with Gasteiger partial charge in [0.15, 0.2) is 9.84 Å². The summed E-state index contributed by atoms with van der Waals surface area (Å²) in [6, 6.07) is 15.3. The summed E-state index contributed by atoms with van der Waals surface area (Å²) in [4.78, 5) is 41.9. The van der Waals surface area contributed by atoms with Gasteiger partial charge in [-0.15, -0.1) is 0 Å². The monoisotopic (exact) mass is 499 g/mol. The minimum absolute atomic E-state index is 0.0103. The molecule has 2 fully saturated rings. The number of carbonyl (C=O) groups excluding carboxylic acids is 3. The van der Waals surface area contributed by atoms with Gasteiger partial charge in [-0.1, -0.05) is 48.5 Å². The Kier molecular flexibility index (Phi) is 6.84. The fraction of sp³-hybridized carbons (Fsp3) is 0.400. The lowest BCUT2D eigenvalue weighted by Gasteiger charge is -2.30. The second-order valence-electron chi connectivity index (χ2n) is 9.21. The number of rotatable bonds is 8. The van der Waals surface area contributed by atoms with E-state index in [1.807, 2.05) is 48.5 Å². The summed E-state index contributed by atoms with van der Waals surface area (Å²) in [7, 11) is -1.71. The molecule has 4 amide bonds. The van der Waals surface area contributed by atoms with E-state index in [4.69, 9.17) is 4.74 Å². The maximum Gasteiger partial charge on any atom is 0.325 e. The summed E-state index contributed by atoms with van der Waals surface area (Å²) in [5.41, 5.74) is 0.344. The Labute approximate surface area is 205 Å². The highest BCUT2D eigenvalue weighted by atomic mass is 32.2. The number of urea groups is 1. The fourth-order valence-corrected chi connectivity index (χ4v) is 6.42. The molecule has 2 aromatic carbocycles. The van der Waals surface area contributed by atoms with Crippen molar-refractivity contribution >= 4 is 27.7 Å². The molecule has 0 radical (unpaired) electrons. The van der Waals surface area contributed by atoms with Crippen LogP contribution in [0.3, 0.4) is 0 Å². The number of carbonyl (C=O) groups is 3. The second-order valence-corrected chi connectivity index (χ2v) is 11.4. The Morgan fingerprint density at radius 3 is 2.49 bits per heavy atom. The van der Waals surface area contributed by atoms with E-state index in [9.17, 15) is 22.8 Å². The Bertz CT molecular complexity index is 1230. The predicted molar refractivity (Wildman–Crippen MR) is 129 cm³/mol. The second kappa shape index (κ2) is 9.69. The van der Waals surface area contributed by atoms with E-state index in [-0.39, 0.29) is 24.5 Å². The van der Waals surface area contributed by atoms with Gasteiger partial charge in [-0.2, -0.15) is 0 Å². The average Bonchev–Trinajstić information content (AvgIpc) is 3.29. The number of sulfone groups is 1. The topological polar surface area (TPSA) is 113 Å². The molecular formula is C25H29N3O6S. The molecule has 9 nitrogen and oxygen atoms in total. The van der Waals surface area contributed by atoms with Crippen LogP contribution in [-0.2, 0) is 32.4 Å². The van der Waals surface area contributed by atoms with Crippen molar-refractivity contribution in [2.45, 2.75) is 37.9 Å². The van der Waals surface area contributed by atoms with Crippen LogP contribution >= 0.6 is 0 Å². The van der Waals surface area contributed by atoms with E-state index in [0.717, 1.165) is 16.0 Å². The number of imide groups is 1. The van der Waals surface area contributed by atoms with Crippen molar-refractivity contribution < 1.29 is 27.5 Å². The van der Waals surface area contributed by atoms with Crippen LogP contribution in [0.2, 0.25) is 0 Å².